The number of rotatable bonds is 5. The Labute approximate surface area is 173 Å². The van der Waals surface area contributed by atoms with Gasteiger partial charge >= 0.3 is 0 Å². The molecule has 0 aliphatic heterocycles. The Morgan fingerprint density at radius 3 is 2.82 bits per heavy atom. The fraction of sp³-hybridized carbons (Fsp3) is 0.316. The van der Waals surface area contributed by atoms with E-state index in [-0.39, 0.29) is 5.25 Å². The lowest BCUT2D eigenvalue weighted by molar-refractivity contribution is 0.505. The lowest BCUT2D eigenvalue weighted by atomic mass is 10.0. The minimum atomic E-state index is -1.01. The molecule has 28 heavy (non-hydrogen) atoms. The van der Waals surface area contributed by atoms with Crippen molar-refractivity contribution >= 4 is 49.4 Å². The number of nitrogens with one attached hydrogen (secondary N) is 1. The number of pyridine rings is 1. The molecule has 0 saturated heterocycles. The molecule has 5 rings (SSSR count). The molecule has 1 aliphatic carbocycles. The Morgan fingerprint density at radius 1 is 1.36 bits per heavy atom. The first-order valence-corrected chi connectivity index (χ1v) is 12.0. The van der Waals surface area contributed by atoms with Crippen molar-refractivity contribution in [2.75, 3.05) is 12.4 Å². The average Bonchev–Trinajstić information content (AvgIpc) is 3.38. The second kappa shape index (κ2) is 7.06. The zero-order chi connectivity index (χ0) is 19.3. The summed E-state index contributed by atoms with van der Waals surface area (Å²) in [6, 6.07) is 2.07. The monoisotopic (exact) mass is 429 g/mol. The Bertz CT molecular complexity index is 1170. The Balaban J connectivity index is 1.80. The van der Waals surface area contributed by atoms with Gasteiger partial charge in [-0.05, 0) is 18.9 Å². The molecule has 1 aliphatic rings. The predicted octanol–water partition coefficient (Wildman–Crippen LogP) is 4.52. The number of hydrogen-bond donors (Lipinski definition) is 1. The molecule has 4 aromatic heterocycles. The molecule has 0 amide bonds. The summed E-state index contributed by atoms with van der Waals surface area (Å²) >= 11 is 3.10. The second-order valence-corrected chi connectivity index (χ2v) is 10.6. The quantitative estimate of drug-likeness (QED) is 0.505. The van der Waals surface area contributed by atoms with Crippen LogP contribution < -0.4 is 5.32 Å². The van der Waals surface area contributed by atoms with E-state index >= 15 is 0 Å². The van der Waals surface area contributed by atoms with Crippen LogP contribution in [0.2, 0.25) is 0 Å². The minimum Gasteiger partial charge on any atom is -0.386 e. The highest BCUT2D eigenvalue weighted by Gasteiger charge is 2.30. The lowest BCUT2D eigenvalue weighted by Gasteiger charge is -2.24. The highest BCUT2D eigenvalue weighted by molar-refractivity contribution is 7.88. The van der Waals surface area contributed by atoms with Gasteiger partial charge in [-0.15, -0.1) is 22.7 Å². The normalized spacial score (nSPS) is 15.6. The average molecular weight is 430 g/mol. The van der Waals surface area contributed by atoms with Gasteiger partial charge in [0, 0.05) is 41.9 Å². The van der Waals surface area contributed by atoms with Gasteiger partial charge in [-0.25, -0.2) is 15.0 Å². The van der Waals surface area contributed by atoms with Crippen molar-refractivity contribution in [2.45, 2.75) is 28.7 Å². The number of imidazole rings is 1. The van der Waals surface area contributed by atoms with E-state index in [4.69, 9.17) is 4.98 Å². The second-order valence-electron chi connectivity index (χ2n) is 6.83. The van der Waals surface area contributed by atoms with Crippen LogP contribution in [-0.2, 0) is 17.8 Å². The molecule has 0 spiro atoms. The number of thiophene rings is 1. The van der Waals surface area contributed by atoms with E-state index in [1.54, 1.807) is 23.9 Å². The summed E-state index contributed by atoms with van der Waals surface area (Å²) in [7, 11) is 2.87. The van der Waals surface area contributed by atoms with Crippen LogP contribution in [0.5, 0.6) is 0 Å². The van der Waals surface area contributed by atoms with Crippen molar-refractivity contribution in [3.63, 3.8) is 0 Å². The Hall–Kier alpha value is -2.10. The summed E-state index contributed by atoms with van der Waals surface area (Å²) < 4.78 is 16.1. The molecule has 6 nitrogen and oxygen atoms in total. The third kappa shape index (κ3) is 2.80. The van der Waals surface area contributed by atoms with E-state index in [1.165, 1.54) is 17.8 Å². The van der Waals surface area contributed by atoms with E-state index in [2.05, 4.69) is 21.4 Å². The highest BCUT2D eigenvalue weighted by atomic mass is 32.2. The van der Waals surface area contributed by atoms with Crippen molar-refractivity contribution in [1.82, 2.24) is 19.5 Å². The molecule has 4 heterocycles. The SMILES string of the molecule is CNc1c(S(=O)C2CCC2)sc2nc(-c3nccs3)cc(-c3cncn3C)c12. The van der Waals surface area contributed by atoms with Gasteiger partial charge in [-0.3, -0.25) is 4.21 Å². The van der Waals surface area contributed by atoms with Gasteiger partial charge in [0.2, 0.25) is 0 Å². The van der Waals surface area contributed by atoms with Gasteiger partial charge in [-0.2, -0.15) is 0 Å². The van der Waals surface area contributed by atoms with Gasteiger partial charge in [-0.1, -0.05) is 6.42 Å². The van der Waals surface area contributed by atoms with E-state index in [9.17, 15) is 4.21 Å². The molecule has 0 radical (unpaired) electrons. The number of aromatic nitrogens is 4. The smallest absolute Gasteiger partial charge is 0.141 e. The van der Waals surface area contributed by atoms with Gasteiger partial charge in [0.15, 0.2) is 0 Å². The standard InChI is InChI=1S/C19H19N5OS3/c1-20-16-15-12(14-9-21-10-24(14)2)8-13(17-22-6-7-26-17)23-18(15)27-19(16)28(25)11-4-3-5-11/h6-11,20H,3-5H2,1-2H3. The molecule has 1 fully saturated rings. The number of aryl methyl sites for hydroxylation is 1. The first-order chi connectivity index (χ1) is 13.7. The van der Waals surface area contributed by atoms with E-state index in [0.29, 0.717) is 0 Å². The molecular weight excluding hydrogens is 410 g/mol. The molecule has 1 N–H and O–H groups in total. The topological polar surface area (TPSA) is 72.7 Å². The van der Waals surface area contributed by atoms with Crippen LogP contribution in [0.3, 0.4) is 0 Å². The summed E-state index contributed by atoms with van der Waals surface area (Å²) in [5, 5.41) is 7.42. The Kier molecular flexibility index (Phi) is 4.53. The third-order valence-electron chi connectivity index (χ3n) is 5.16. The van der Waals surface area contributed by atoms with Crippen LogP contribution in [0, 0.1) is 0 Å². The maximum atomic E-state index is 13.2. The number of anilines is 1. The lowest BCUT2D eigenvalue weighted by Crippen LogP contribution is -2.23. The summed E-state index contributed by atoms with van der Waals surface area (Å²) in [6.07, 6.45) is 8.69. The van der Waals surface area contributed by atoms with Crippen LogP contribution in [-0.4, -0.2) is 36.0 Å². The molecule has 1 atom stereocenters. The van der Waals surface area contributed by atoms with Crippen LogP contribution in [0.25, 0.3) is 32.2 Å². The third-order valence-corrected chi connectivity index (χ3v) is 9.22. The van der Waals surface area contributed by atoms with Gasteiger partial charge in [0.1, 0.15) is 19.7 Å². The van der Waals surface area contributed by atoms with E-state index in [0.717, 1.165) is 54.9 Å². The summed E-state index contributed by atoms with van der Waals surface area (Å²) in [6.45, 7) is 0. The molecule has 144 valence electrons. The van der Waals surface area contributed by atoms with Gasteiger partial charge in [0.05, 0.1) is 34.7 Å². The van der Waals surface area contributed by atoms with Crippen molar-refractivity contribution in [1.29, 1.82) is 0 Å². The molecule has 4 aromatic rings. The summed E-state index contributed by atoms with van der Waals surface area (Å²) in [5.74, 6) is 0. The first-order valence-electron chi connectivity index (χ1n) is 9.09. The van der Waals surface area contributed by atoms with Crippen LogP contribution >= 0.6 is 22.7 Å². The fourth-order valence-electron chi connectivity index (χ4n) is 3.46. The first kappa shape index (κ1) is 18.0. The molecular formula is C19H19N5OS3. The number of nitrogens with zero attached hydrogens (tertiary/aromatic N) is 4. The predicted molar refractivity (Wildman–Crippen MR) is 117 cm³/mol. The zero-order valence-corrected chi connectivity index (χ0v) is 18.0. The van der Waals surface area contributed by atoms with Crippen LogP contribution in [0.15, 0.2) is 34.4 Å². The van der Waals surface area contributed by atoms with E-state index in [1.807, 2.05) is 30.2 Å². The van der Waals surface area contributed by atoms with Crippen LogP contribution in [0.4, 0.5) is 5.69 Å². The maximum absolute atomic E-state index is 13.2. The fourth-order valence-corrected chi connectivity index (χ4v) is 7.44. The van der Waals surface area contributed by atoms with Gasteiger partial charge < -0.3 is 9.88 Å². The number of hydrogen-bond acceptors (Lipinski definition) is 7. The maximum Gasteiger partial charge on any atom is 0.141 e. The largest absolute Gasteiger partial charge is 0.386 e. The molecule has 1 unspecified atom stereocenters. The molecule has 1 saturated carbocycles. The molecule has 0 aromatic carbocycles. The highest BCUT2D eigenvalue weighted by Crippen LogP contribution is 2.45. The van der Waals surface area contributed by atoms with E-state index < -0.39 is 10.8 Å². The van der Waals surface area contributed by atoms with Crippen molar-refractivity contribution in [3.8, 4) is 22.0 Å². The van der Waals surface area contributed by atoms with Crippen molar-refractivity contribution < 1.29 is 4.21 Å². The van der Waals surface area contributed by atoms with Crippen LogP contribution in [0.1, 0.15) is 19.3 Å². The zero-order valence-electron chi connectivity index (χ0n) is 15.5. The van der Waals surface area contributed by atoms with Gasteiger partial charge in [0.25, 0.3) is 0 Å². The van der Waals surface area contributed by atoms with Crippen molar-refractivity contribution in [2.24, 2.45) is 7.05 Å². The van der Waals surface area contributed by atoms with Crippen molar-refractivity contribution in [3.05, 3.63) is 30.2 Å². The minimum absolute atomic E-state index is 0.263. The molecule has 9 heteroatoms. The number of thiazole rings is 1. The Morgan fingerprint density at radius 2 is 2.21 bits per heavy atom. The molecule has 0 bridgehead atoms. The number of fused-ring (bicyclic) bond motifs is 1. The summed E-state index contributed by atoms with van der Waals surface area (Å²) in [5.41, 5.74) is 3.80. The summed E-state index contributed by atoms with van der Waals surface area (Å²) in [4.78, 5) is 14.5.